The first-order valence-electron chi connectivity index (χ1n) is 6.68. The van der Waals surface area contributed by atoms with Crippen LogP contribution in [0.2, 0.25) is 0 Å². The van der Waals surface area contributed by atoms with Crippen molar-refractivity contribution < 1.29 is 4.79 Å². The Morgan fingerprint density at radius 3 is 2.83 bits per heavy atom. The van der Waals surface area contributed by atoms with Crippen LogP contribution in [0.25, 0.3) is 0 Å². The second-order valence-corrected chi connectivity index (χ2v) is 5.62. The summed E-state index contributed by atoms with van der Waals surface area (Å²) in [4.78, 5) is 11.7. The number of carbonyl (C=O) groups excluding carboxylic acids is 1. The normalized spacial score (nSPS) is 19.6. The van der Waals surface area contributed by atoms with Crippen LogP contribution in [0.5, 0.6) is 0 Å². The number of hydrogen-bond acceptors (Lipinski definition) is 3. The minimum absolute atomic E-state index is 0.198. The largest absolute Gasteiger partial charge is 0.354 e. The average Bonchev–Trinajstić information content (AvgIpc) is 3.03. The van der Waals surface area contributed by atoms with E-state index < -0.39 is 0 Å². The molecule has 2 fully saturated rings. The molecule has 0 atom stereocenters. The van der Waals surface area contributed by atoms with E-state index in [4.69, 9.17) is 12.2 Å². The van der Waals surface area contributed by atoms with Gasteiger partial charge in [-0.25, -0.2) is 0 Å². The van der Waals surface area contributed by atoms with Crippen molar-refractivity contribution >= 4 is 18.1 Å². The summed E-state index contributed by atoms with van der Waals surface area (Å²) in [5.74, 6) is 2.08. The number of aromatic nitrogens is 3. The summed E-state index contributed by atoms with van der Waals surface area (Å²) >= 11 is 5.22. The minimum atomic E-state index is 0.198. The third-order valence-corrected chi connectivity index (χ3v) is 4.15. The molecular weight excluding hydrogens is 248 g/mol. The van der Waals surface area contributed by atoms with Gasteiger partial charge in [0, 0.05) is 24.9 Å². The van der Waals surface area contributed by atoms with E-state index in [1.165, 1.54) is 19.3 Å². The van der Waals surface area contributed by atoms with Gasteiger partial charge in [0.2, 0.25) is 5.91 Å². The molecule has 2 aliphatic rings. The average molecular weight is 266 g/mol. The molecule has 3 rings (SSSR count). The Balaban J connectivity index is 1.54. The second-order valence-electron chi connectivity index (χ2n) is 5.23. The zero-order valence-electron chi connectivity index (χ0n) is 10.3. The Bertz CT molecular complexity index is 498. The first-order valence-corrected chi connectivity index (χ1v) is 7.09. The standard InChI is InChI=1S/C12H18N4OS/c17-11(9-2-1-3-9)13-6-7-16-10(8-4-5-8)14-15-12(16)18/h8-9H,1-7H2,(H,13,17)(H,15,18). The molecular formula is C12H18N4OS. The number of nitrogens with zero attached hydrogens (tertiary/aromatic N) is 2. The summed E-state index contributed by atoms with van der Waals surface area (Å²) in [5, 5.41) is 10.1. The predicted octanol–water partition coefficient (Wildman–Crippen LogP) is 1.73. The van der Waals surface area contributed by atoms with Crippen LogP contribution in [-0.2, 0) is 11.3 Å². The Hall–Kier alpha value is -1.17. The lowest BCUT2D eigenvalue weighted by molar-refractivity contribution is -0.127. The highest BCUT2D eigenvalue weighted by Gasteiger charge is 2.29. The van der Waals surface area contributed by atoms with Crippen molar-refractivity contribution in [2.24, 2.45) is 5.92 Å². The number of aromatic amines is 1. The fourth-order valence-corrected chi connectivity index (χ4v) is 2.54. The highest BCUT2D eigenvalue weighted by Crippen LogP contribution is 2.38. The molecule has 0 radical (unpaired) electrons. The summed E-state index contributed by atoms with van der Waals surface area (Å²) in [5.41, 5.74) is 0. The molecule has 1 aromatic heterocycles. The maximum absolute atomic E-state index is 11.7. The highest BCUT2D eigenvalue weighted by atomic mass is 32.1. The quantitative estimate of drug-likeness (QED) is 0.798. The molecule has 0 spiro atoms. The molecule has 0 aromatic carbocycles. The van der Waals surface area contributed by atoms with Crippen molar-refractivity contribution in [1.29, 1.82) is 0 Å². The molecule has 0 saturated heterocycles. The number of hydrogen-bond donors (Lipinski definition) is 2. The molecule has 1 aromatic rings. The van der Waals surface area contributed by atoms with Crippen molar-refractivity contribution in [1.82, 2.24) is 20.1 Å². The topological polar surface area (TPSA) is 62.7 Å². The smallest absolute Gasteiger partial charge is 0.223 e. The molecule has 1 amide bonds. The van der Waals surface area contributed by atoms with E-state index in [1.807, 2.05) is 4.57 Å². The van der Waals surface area contributed by atoms with Gasteiger partial charge in [-0.1, -0.05) is 6.42 Å². The Labute approximate surface area is 111 Å². The minimum Gasteiger partial charge on any atom is -0.354 e. The van der Waals surface area contributed by atoms with E-state index in [0.717, 1.165) is 25.2 Å². The SMILES string of the molecule is O=C(NCCn1c(C2CC2)n[nH]c1=S)C1CCC1. The van der Waals surface area contributed by atoms with Crippen molar-refractivity contribution in [3.05, 3.63) is 10.6 Å². The van der Waals surface area contributed by atoms with Crippen LogP contribution in [0, 0.1) is 10.7 Å². The van der Waals surface area contributed by atoms with Gasteiger partial charge >= 0.3 is 0 Å². The number of rotatable bonds is 5. The number of H-pyrrole nitrogens is 1. The van der Waals surface area contributed by atoms with E-state index >= 15 is 0 Å². The highest BCUT2D eigenvalue weighted by molar-refractivity contribution is 7.71. The summed E-state index contributed by atoms with van der Waals surface area (Å²) in [7, 11) is 0. The van der Waals surface area contributed by atoms with Gasteiger partial charge < -0.3 is 9.88 Å². The maximum atomic E-state index is 11.7. The predicted molar refractivity (Wildman–Crippen MR) is 69.7 cm³/mol. The van der Waals surface area contributed by atoms with Crippen molar-refractivity contribution in [2.75, 3.05) is 6.54 Å². The maximum Gasteiger partial charge on any atom is 0.223 e. The molecule has 18 heavy (non-hydrogen) atoms. The fraction of sp³-hybridized carbons (Fsp3) is 0.750. The van der Waals surface area contributed by atoms with Gasteiger partial charge in [0.25, 0.3) is 0 Å². The zero-order chi connectivity index (χ0) is 12.5. The third-order valence-electron chi connectivity index (χ3n) is 3.84. The molecule has 6 heteroatoms. The van der Waals surface area contributed by atoms with Crippen LogP contribution in [-0.4, -0.2) is 27.2 Å². The number of nitrogens with one attached hydrogen (secondary N) is 2. The van der Waals surface area contributed by atoms with Crippen LogP contribution in [0.4, 0.5) is 0 Å². The van der Waals surface area contributed by atoms with Crippen LogP contribution >= 0.6 is 12.2 Å². The first-order chi connectivity index (χ1) is 8.75. The van der Waals surface area contributed by atoms with Crippen LogP contribution in [0.15, 0.2) is 0 Å². The third kappa shape index (κ3) is 2.34. The van der Waals surface area contributed by atoms with Crippen molar-refractivity contribution in [2.45, 2.75) is 44.6 Å². The Morgan fingerprint density at radius 2 is 2.22 bits per heavy atom. The number of amides is 1. The van der Waals surface area contributed by atoms with Gasteiger partial charge in [-0.05, 0) is 37.9 Å². The fourth-order valence-electron chi connectivity index (χ4n) is 2.30. The Morgan fingerprint density at radius 1 is 1.44 bits per heavy atom. The number of carbonyl (C=O) groups is 1. The van der Waals surface area contributed by atoms with Crippen LogP contribution in [0.1, 0.15) is 43.8 Å². The van der Waals surface area contributed by atoms with Crippen molar-refractivity contribution in [3.63, 3.8) is 0 Å². The van der Waals surface area contributed by atoms with E-state index in [1.54, 1.807) is 0 Å². The van der Waals surface area contributed by atoms with Gasteiger partial charge in [-0.15, -0.1) is 0 Å². The molecule has 98 valence electrons. The van der Waals surface area contributed by atoms with E-state index in [2.05, 4.69) is 15.5 Å². The summed E-state index contributed by atoms with van der Waals surface area (Å²) in [6.45, 7) is 1.36. The van der Waals surface area contributed by atoms with E-state index in [0.29, 0.717) is 17.2 Å². The monoisotopic (exact) mass is 266 g/mol. The molecule has 5 nitrogen and oxygen atoms in total. The molecule has 0 aliphatic heterocycles. The van der Waals surface area contributed by atoms with Gasteiger partial charge in [0.15, 0.2) is 4.77 Å². The molecule has 2 saturated carbocycles. The molecule has 2 N–H and O–H groups in total. The lowest BCUT2D eigenvalue weighted by Gasteiger charge is -2.24. The molecule has 2 aliphatic carbocycles. The lowest BCUT2D eigenvalue weighted by atomic mass is 9.85. The van der Waals surface area contributed by atoms with E-state index in [-0.39, 0.29) is 11.8 Å². The van der Waals surface area contributed by atoms with Gasteiger partial charge in [0.1, 0.15) is 5.82 Å². The van der Waals surface area contributed by atoms with Crippen LogP contribution < -0.4 is 5.32 Å². The second kappa shape index (κ2) is 4.84. The summed E-state index contributed by atoms with van der Waals surface area (Å²) in [6.07, 6.45) is 5.69. The van der Waals surface area contributed by atoms with Crippen LogP contribution in [0.3, 0.4) is 0 Å². The summed E-state index contributed by atoms with van der Waals surface area (Å²) in [6, 6.07) is 0. The van der Waals surface area contributed by atoms with Gasteiger partial charge in [-0.2, -0.15) is 5.10 Å². The zero-order valence-corrected chi connectivity index (χ0v) is 11.1. The van der Waals surface area contributed by atoms with E-state index in [9.17, 15) is 4.79 Å². The summed E-state index contributed by atoms with van der Waals surface area (Å²) < 4.78 is 2.68. The molecule has 0 unspecified atom stereocenters. The molecule has 1 heterocycles. The lowest BCUT2D eigenvalue weighted by Crippen LogP contribution is -2.36. The van der Waals surface area contributed by atoms with Gasteiger partial charge in [0.05, 0.1) is 0 Å². The first kappa shape index (κ1) is 11.9. The van der Waals surface area contributed by atoms with Gasteiger partial charge in [-0.3, -0.25) is 9.89 Å². The Kier molecular flexibility index (Phi) is 3.20. The van der Waals surface area contributed by atoms with Crippen molar-refractivity contribution in [3.8, 4) is 0 Å². The molecule has 0 bridgehead atoms.